The Morgan fingerprint density at radius 3 is 2.16 bits per heavy atom. The van der Waals surface area contributed by atoms with Crippen molar-refractivity contribution in [1.82, 2.24) is 9.80 Å². The molecular formula is C30H38ClF3N2O. The maximum atomic E-state index is 13.1. The molecule has 2 unspecified atom stereocenters. The SMILES string of the molecule is FC(F)(F)c1ccc(OC(CN2CCCCC2)C2CCCN(CC3(c4ccc(Cl)cc4)CCC3)C2)cc1. The summed E-state index contributed by atoms with van der Waals surface area (Å²) in [5.74, 6) is 0.879. The molecule has 2 atom stereocenters. The first-order valence-corrected chi connectivity index (χ1v) is 14.2. The van der Waals surface area contributed by atoms with Gasteiger partial charge in [0.1, 0.15) is 11.9 Å². The zero-order chi connectivity index (χ0) is 25.9. The van der Waals surface area contributed by atoms with Gasteiger partial charge in [-0.05, 0) is 100 Å². The van der Waals surface area contributed by atoms with Crippen LogP contribution in [0.25, 0.3) is 0 Å². The zero-order valence-corrected chi connectivity index (χ0v) is 22.2. The summed E-state index contributed by atoms with van der Waals surface area (Å²) >= 11 is 6.16. The summed E-state index contributed by atoms with van der Waals surface area (Å²) in [4.78, 5) is 5.10. The lowest BCUT2D eigenvalue weighted by atomic mass is 9.64. The third-order valence-corrected chi connectivity index (χ3v) is 8.97. The number of ether oxygens (including phenoxy) is 1. The van der Waals surface area contributed by atoms with Crippen molar-refractivity contribution in [3.05, 3.63) is 64.7 Å². The third kappa shape index (κ3) is 6.63. The summed E-state index contributed by atoms with van der Waals surface area (Å²) in [6.45, 7) is 6.08. The van der Waals surface area contributed by atoms with E-state index >= 15 is 0 Å². The summed E-state index contributed by atoms with van der Waals surface area (Å²) in [6, 6.07) is 13.6. The molecule has 2 aliphatic heterocycles. The molecular weight excluding hydrogens is 497 g/mol. The number of likely N-dealkylation sites (tertiary alicyclic amines) is 2. The molecule has 37 heavy (non-hydrogen) atoms. The van der Waals surface area contributed by atoms with E-state index in [1.54, 1.807) is 0 Å². The number of halogens is 4. The summed E-state index contributed by atoms with van der Waals surface area (Å²) in [7, 11) is 0. The normalized spacial score (nSPS) is 23.8. The minimum Gasteiger partial charge on any atom is -0.489 e. The van der Waals surface area contributed by atoms with Crippen molar-refractivity contribution in [2.45, 2.75) is 69.1 Å². The second-order valence-corrected chi connectivity index (χ2v) is 11.8. The lowest BCUT2D eigenvalue weighted by Gasteiger charge is -2.48. The molecule has 3 aliphatic rings. The molecule has 2 heterocycles. The van der Waals surface area contributed by atoms with E-state index in [4.69, 9.17) is 16.3 Å². The molecule has 0 amide bonds. The van der Waals surface area contributed by atoms with Crippen LogP contribution in [0.3, 0.4) is 0 Å². The van der Waals surface area contributed by atoms with Crippen molar-refractivity contribution in [3.8, 4) is 5.75 Å². The van der Waals surface area contributed by atoms with Gasteiger partial charge in [0, 0.05) is 36.0 Å². The van der Waals surface area contributed by atoms with E-state index in [1.807, 2.05) is 12.1 Å². The Bertz CT molecular complexity index is 1000. The molecule has 7 heteroatoms. The number of nitrogens with zero attached hydrogens (tertiary/aromatic N) is 2. The quantitative estimate of drug-likeness (QED) is 0.350. The van der Waals surface area contributed by atoms with Gasteiger partial charge in [-0.2, -0.15) is 13.2 Å². The first kappa shape index (κ1) is 26.8. The third-order valence-electron chi connectivity index (χ3n) is 8.72. The Hall–Kier alpha value is -1.76. The number of benzene rings is 2. The largest absolute Gasteiger partial charge is 0.489 e. The Morgan fingerprint density at radius 2 is 1.54 bits per heavy atom. The number of rotatable bonds is 8. The van der Waals surface area contributed by atoms with E-state index in [-0.39, 0.29) is 11.5 Å². The molecule has 3 nitrogen and oxygen atoms in total. The van der Waals surface area contributed by atoms with Crippen LogP contribution in [0.15, 0.2) is 48.5 Å². The van der Waals surface area contributed by atoms with Crippen LogP contribution >= 0.6 is 11.6 Å². The van der Waals surface area contributed by atoms with Crippen LogP contribution in [0.5, 0.6) is 5.75 Å². The highest BCUT2D eigenvalue weighted by Gasteiger charge is 2.41. The lowest BCUT2D eigenvalue weighted by Crippen LogP contribution is -2.52. The molecule has 0 aromatic heterocycles. The van der Waals surface area contributed by atoms with Gasteiger partial charge < -0.3 is 9.64 Å². The van der Waals surface area contributed by atoms with Crippen molar-refractivity contribution in [2.75, 3.05) is 39.3 Å². The van der Waals surface area contributed by atoms with Crippen molar-refractivity contribution in [3.63, 3.8) is 0 Å². The Kier molecular flexibility index (Phi) is 8.37. The highest BCUT2D eigenvalue weighted by atomic mass is 35.5. The molecule has 2 aromatic rings. The fourth-order valence-electron chi connectivity index (χ4n) is 6.49. The van der Waals surface area contributed by atoms with E-state index < -0.39 is 11.7 Å². The number of piperidine rings is 2. The molecule has 0 radical (unpaired) electrons. The minimum absolute atomic E-state index is 0.0366. The first-order valence-electron chi connectivity index (χ1n) is 13.9. The van der Waals surface area contributed by atoms with Crippen molar-refractivity contribution in [2.24, 2.45) is 5.92 Å². The van der Waals surface area contributed by atoms with Gasteiger partial charge in [-0.3, -0.25) is 4.90 Å². The highest BCUT2D eigenvalue weighted by Crippen LogP contribution is 2.45. The van der Waals surface area contributed by atoms with Gasteiger partial charge in [0.15, 0.2) is 0 Å². The molecule has 3 fully saturated rings. The van der Waals surface area contributed by atoms with Crippen LogP contribution in [-0.4, -0.2) is 55.2 Å². The van der Waals surface area contributed by atoms with Gasteiger partial charge in [-0.25, -0.2) is 0 Å². The molecule has 2 saturated heterocycles. The summed E-state index contributed by atoms with van der Waals surface area (Å²) in [5, 5.41) is 0.775. The summed E-state index contributed by atoms with van der Waals surface area (Å²) in [6.07, 6.45) is 5.17. The van der Waals surface area contributed by atoms with Gasteiger partial charge in [-0.15, -0.1) is 0 Å². The topological polar surface area (TPSA) is 15.7 Å². The second-order valence-electron chi connectivity index (χ2n) is 11.3. The van der Waals surface area contributed by atoms with Gasteiger partial charge in [0.05, 0.1) is 5.56 Å². The van der Waals surface area contributed by atoms with Crippen molar-refractivity contribution in [1.29, 1.82) is 0 Å². The monoisotopic (exact) mass is 534 g/mol. The van der Waals surface area contributed by atoms with E-state index in [0.29, 0.717) is 11.7 Å². The van der Waals surface area contributed by atoms with Gasteiger partial charge in [0.25, 0.3) is 0 Å². The predicted octanol–water partition coefficient (Wildman–Crippen LogP) is 7.43. The summed E-state index contributed by atoms with van der Waals surface area (Å²) < 4.78 is 45.7. The first-order chi connectivity index (χ1) is 17.8. The Balaban J connectivity index is 1.29. The minimum atomic E-state index is -4.34. The molecule has 0 bridgehead atoms. The molecule has 0 N–H and O–H groups in total. The number of hydrogen-bond acceptors (Lipinski definition) is 3. The fourth-order valence-corrected chi connectivity index (χ4v) is 6.61. The fraction of sp³-hybridized carbons (Fsp3) is 0.600. The van der Waals surface area contributed by atoms with Crippen LogP contribution < -0.4 is 4.74 Å². The Morgan fingerprint density at radius 1 is 0.865 bits per heavy atom. The van der Waals surface area contributed by atoms with Crippen molar-refractivity contribution < 1.29 is 17.9 Å². The predicted molar refractivity (Wildman–Crippen MR) is 142 cm³/mol. The van der Waals surface area contributed by atoms with E-state index in [2.05, 4.69) is 21.9 Å². The molecule has 1 saturated carbocycles. The highest BCUT2D eigenvalue weighted by molar-refractivity contribution is 6.30. The maximum Gasteiger partial charge on any atom is 0.416 e. The van der Waals surface area contributed by atoms with Crippen LogP contribution in [0, 0.1) is 5.92 Å². The van der Waals surface area contributed by atoms with E-state index in [0.717, 1.165) is 69.3 Å². The van der Waals surface area contributed by atoms with Gasteiger partial charge >= 0.3 is 6.18 Å². The number of hydrogen-bond donors (Lipinski definition) is 0. The van der Waals surface area contributed by atoms with Crippen LogP contribution in [0.2, 0.25) is 5.02 Å². The van der Waals surface area contributed by atoms with E-state index in [1.165, 1.54) is 56.2 Å². The average molecular weight is 535 g/mol. The van der Waals surface area contributed by atoms with E-state index in [9.17, 15) is 13.2 Å². The molecule has 0 spiro atoms. The second kappa shape index (κ2) is 11.5. The molecule has 1 aliphatic carbocycles. The molecule has 202 valence electrons. The molecule has 2 aromatic carbocycles. The summed E-state index contributed by atoms with van der Waals surface area (Å²) in [5.41, 5.74) is 0.948. The maximum absolute atomic E-state index is 13.1. The smallest absolute Gasteiger partial charge is 0.416 e. The van der Waals surface area contributed by atoms with Crippen LogP contribution in [0.1, 0.15) is 62.5 Å². The van der Waals surface area contributed by atoms with Crippen LogP contribution in [-0.2, 0) is 11.6 Å². The van der Waals surface area contributed by atoms with Gasteiger partial charge in [-0.1, -0.05) is 36.6 Å². The lowest BCUT2D eigenvalue weighted by molar-refractivity contribution is -0.137. The average Bonchev–Trinajstić information content (AvgIpc) is 2.87. The van der Waals surface area contributed by atoms with Gasteiger partial charge in [0.2, 0.25) is 0 Å². The van der Waals surface area contributed by atoms with Crippen molar-refractivity contribution >= 4 is 11.6 Å². The van der Waals surface area contributed by atoms with Crippen LogP contribution in [0.4, 0.5) is 13.2 Å². The standard InChI is InChI=1S/C30H38ClF3N2O/c31-26-11-7-24(8-12-26)29(15-5-16-29)22-36-19-4-6-23(20-36)28(21-35-17-2-1-3-18-35)37-27-13-9-25(10-14-27)30(32,33)34/h7-14,23,28H,1-6,15-22H2. The molecule has 5 rings (SSSR count). The zero-order valence-electron chi connectivity index (χ0n) is 21.5. The number of alkyl halides is 3. The Labute approximate surface area is 223 Å².